The van der Waals surface area contributed by atoms with E-state index in [9.17, 15) is 19.5 Å². The van der Waals surface area contributed by atoms with E-state index in [1.54, 1.807) is 31.2 Å². The Hall–Kier alpha value is -2.71. The summed E-state index contributed by atoms with van der Waals surface area (Å²) in [4.78, 5) is 37.6. The fourth-order valence-corrected chi connectivity index (χ4v) is 2.77. The normalized spacial score (nSPS) is 22.3. The summed E-state index contributed by atoms with van der Waals surface area (Å²) in [5.74, 6) is -0.513. The largest absolute Gasteiger partial charge is 0.459 e. The number of aromatic amines is 1. The van der Waals surface area contributed by atoms with Crippen molar-refractivity contribution in [3.05, 3.63) is 68.0 Å². The van der Waals surface area contributed by atoms with Gasteiger partial charge in [0, 0.05) is 18.2 Å². The van der Waals surface area contributed by atoms with Crippen LogP contribution < -0.4 is 11.2 Å². The van der Waals surface area contributed by atoms with E-state index in [-0.39, 0.29) is 13.0 Å². The molecule has 1 aromatic carbocycles. The molecule has 1 saturated heterocycles. The number of ether oxygens (including phenoxy) is 2. The third kappa shape index (κ3) is 3.76. The van der Waals surface area contributed by atoms with Crippen LogP contribution in [0.5, 0.6) is 0 Å². The average Bonchev–Trinajstić information content (AvgIpc) is 2.97. The Morgan fingerprint density at radius 3 is 2.69 bits per heavy atom. The highest BCUT2D eigenvalue weighted by molar-refractivity contribution is 5.89. The molecule has 1 aromatic heterocycles. The quantitative estimate of drug-likeness (QED) is 0.775. The number of esters is 1. The molecular formula is C18H20N2O6. The van der Waals surface area contributed by atoms with Gasteiger partial charge < -0.3 is 14.6 Å². The second kappa shape index (κ2) is 7.27. The van der Waals surface area contributed by atoms with E-state index < -0.39 is 35.7 Å². The second-order valence-electron chi connectivity index (χ2n) is 6.38. The summed E-state index contributed by atoms with van der Waals surface area (Å²) in [7, 11) is 0. The number of nitrogens with zero attached hydrogens (tertiary/aromatic N) is 1. The molecule has 3 atom stereocenters. The van der Waals surface area contributed by atoms with E-state index in [0.29, 0.717) is 11.1 Å². The summed E-state index contributed by atoms with van der Waals surface area (Å²) < 4.78 is 12.1. The van der Waals surface area contributed by atoms with Crippen LogP contribution >= 0.6 is 0 Å². The Bertz CT molecular complexity index is 915. The Kier molecular flexibility index (Phi) is 5.06. The molecule has 138 valence electrons. The zero-order chi connectivity index (χ0) is 18.8. The third-order valence-corrected chi connectivity index (χ3v) is 4.33. The maximum atomic E-state index is 12.1. The molecule has 2 N–H and O–H groups in total. The molecule has 0 saturated carbocycles. The smallest absolute Gasteiger partial charge is 0.338 e. The van der Waals surface area contributed by atoms with Gasteiger partial charge in [-0.2, -0.15) is 0 Å². The van der Waals surface area contributed by atoms with Gasteiger partial charge in [0.05, 0.1) is 11.7 Å². The number of carbonyl (C=O) groups is 1. The van der Waals surface area contributed by atoms with Crippen molar-refractivity contribution in [3.63, 3.8) is 0 Å². The van der Waals surface area contributed by atoms with Crippen molar-refractivity contribution in [1.82, 2.24) is 9.55 Å². The molecule has 0 aliphatic carbocycles. The Labute approximate surface area is 149 Å². The Morgan fingerprint density at radius 2 is 2.00 bits per heavy atom. The molecule has 26 heavy (non-hydrogen) atoms. The lowest BCUT2D eigenvalue weighted by Crippen LogP contribution is -2.33. The summed E-state index contributed by atoms with van der Waals surface area (Å²) in [6.45, 7) is 3.35. The summed E-state index contributed by atoms with van der Waals surface area (Å²) >= 11 is 0. The second-order valence-corrected chi connectivity index (χ2v) is 6.38. The first-order valence-corrected chi connectivity index (χ1v) is 8.24. The van der Waals surface area contributed by atoms with E-state index in [4.69, 9.17) is 9.47 Å². The lowest BCUT2D eigenvalue weighted by molar-refractivity contribution is -0.0532. The van der Waals surface area contributed by atoms with Gasteiger partial charge in [0.2, 0.25) is 0 Å². The van der Waals surface area contributed by atoms with Crippen molar-refractivity contribution in [2.75, 3.05) is 6.61 Å². The van der Waals surface area contributed by atoms with Gasteiger partial charge in [-0.3, -0.25) is 14.3 Å². The van der Waals surface area contributed by atoms with E-state index in [2.05, 4.69) is 4.98 Å². The first-order chi connectivity index (χ1) is 12.3. The van der Waals surface area contributed by atoms with Gasteiger partial charge in [-0.05, 0) is 26.0 Å². The van der Waals surface area contributed by atoms with Crippen LogP contribution in [0.4, 0.5) is 0 Å². The maximum Gasteiger partial charge on any atom is 0.338 e. The third-order valence-electron chi connectivity index (χ3n) is 4.33. The molecule has 8 heteroatoms. The number of H-pyrrole nitrogens is 1. The van der Waals surface area contributed by atoms with Crippen molar-refractivity contribution < 1.29 is 19.4 Å². The van der Waals surface area contributed by atoms with Gasteiger partial charge in [0.25, 0.3) is 5.56 Å². The van der Waals surface area contributed by atoms with Crippen molar-refractivity contribution in [3.8, 4) is 0 Å². The first kappa shape index (κ1) is 18.1. The fraction of sp³-hybridized carbons (Fsp3) is 0.389. The van der Waals surface area contributed by atoms with Crippen LogP contribution in [0.3, 0.4) is 0 Å². The van der Waals surface area contributed by atoms with Crippen LogP contribution in [-0.2, 0) is 9.47 Å². The zero-order valence-electron chi connectivity index (χ0n) is 14.5. The molecule has 1 unspecified atom stereocenters. The number of aliphatic hydroxyl groups is 1. The molecule has 2 aromatic rings. The topological polar surface area (TPSA) is 111 Å². The highest BCUT2D eigenvalue weighted by Gasteiger charge is 2.36. The molecule has 0 radical (unpaired) electrons. The number of aromatic nitrogens is 2. The summed E-state index contributed by atoms with van der Waals surface area (Å²) in [6.07, 6.45) is -0.855. The number of hydrogen-bond donors (Lipinski definition) is 2. The molecule has 2 heterocycles. The molecule has 1 aliphatic rings. The first-order valence-electron chi connectivity index (χ1n) is 8.24. The minimum atomic E-state index is -0.898. The van der Waals surface area contributed by atoms with Crippen LogP contribution in [0.2, 0.25) is 0 Å². The standard InChI is InChI=1S/C18H20N2O6/c1-10-3-5-12(6-4-10)17(23)25-9-14-13(21)7-15(26-14)20-8-11(2)16(22)19-18(20)24/h3-6,8,13-15,21H,7,9H2,1-2H3,(H,19,22,24)/t13?,14-,15-/m1/s1. The molecule has 1 aliphatic heterocycles. The summed E-state index contributed by atoms with van der Waals surface area (Å²) in [5.41, 5.74) is 0.716. The maximum absolute atomic E-state index is 12.1. The van der Waals surface area contributed by atoms with Gasteiger partial charge in [0.15, 0.2) is 0 Å². The van der Waals surface area contributed by atoms with Crippen molar-refractivity contribution >= 4 is 5.97 Å². The van der Waals surface area contributed by atoms with Crippen LogP contribution in [0.25, 0.3) is 0 Å². The number of benzene rings is 1. The molecule has 3 rings (SSSR count). The van der Waals surface area contributed by atoms with Gasteiger partial charge in [0.1, 0.15) is 18.9 Å². The molecule has 1 fully saturated rings. The zero-order valence-corrected chi connectivity index (χ0v) is 14.5. The number of nitrogens with one attached hydrogen (secondary N) is 1. The predicted molar refractivity (Wildman–Crippen MR) is 92.1 cm³/mol. The Morgan fingerprint density at radius 1 is 1.31 bits per heavy atom. The Balaban J connectivity index is 1.65. The highest BCUT2D eigenvalue weighted by Crippen LogP contribution is 2.28. The summed E-state index contributed by atoms with van der Waals surface area (Å²) in [6, 6.07) is 6.93. The molecule has 8 nitrogen and oxygen atoms in total. The van der Waals surface area contributed by atoms with Crippen LogP contribution in [0, 0.1) is 13.8 Å². The number of rotatable bonds is 4. The van der Waals surface area contributed by atoms with Gasteiger partial charge in [-0.15, -0.1) is 0 Å². The van der Waals surface area contributed by atoms with Gasteiger partial charge in [-0.25, -0.2) is 9.59 Å². The van der Waals surface area contributed by atoms with Gasteiger partial charge >= 0.3 is 11.7 Å². The predicted octanol–water partition coefficient (Wildman–Crippen LogP) is 0.659. The molecule has 0 amide bonds. The molecule has 0 spiro atoms. The van der Waals surface area contributed by atoms with Crippen LogP contribution in [0.15, 0.2) is 40.1 Å². The van der Waals surface area contributed by atoms with Crippen molar-refractivity contribution in [2.45, 2.75) is 38.7 Å². The summed E-state index contributed by atoms with van der Waals surface area (Å²) in [5, 5.41) is 10.2. The fourth-order valence-electron chi connectivity index (χ4n) is 2.77. The lowest BCUT2D eigenvalue weighted by atomic mass is 10.1. The van der Waals surface area contributed by atoms with E-state index in [1.165, 1.54) is 10.8 Å². The number of aryl methyl sites for hydroxylation is 2. The van der Waals surface area contributed by atoms with E-state index in [0.717, 1.165) is 5.56 Å². The SMILES string of the molecule is Cc1ccc(C(=O)OC[C@H]2O[C@@H](n3cc(C)c(=O)[nH]c3=O)CC2O)cc1. The van der Waals surface area contributed by atoms with E-state index in [1.807, 2.05) is 6.92 Å². The van der Waals surface area contributed by atoms with Gasteiger partial charge in [-0.1, -0.05) is 17.7 Å². The number of hydrogen-bond acceptors (Lipinski definition) is 6. The molecule has 0 bridgehead atoms. The number of aliphatic hydroxyl groups excluding tert-OH is 1. The highest BCUT2D eigenvalue weighted by atomic mass is 16.6. The van der Waals surface area contributed by atoms with Crippen molar-refractivity contribution in [1.29, 1.82) is 0 Å². The minimum absolute atomic E-state index is 0.137. The molecular weight excluding hydrogens is 340 g/mol. The monoisotopic (exact) mass is 360 g/mol. The average molecular weight is 360 g/mol. The van der Waals surface area contributed by atoms with Crippen LogP contribution in [0.1, 0.15) is 34.1 Å². The van der Waals surface area contributed by atoms with Crippen LogP contribution in [-0.4, -0.2) is 39.4 Å². The lowest BCUT2D eigenvalue weighted by Gasteiger charge is -2.16. The van der Waals surface area contributed by atoms with Crippen molar-refractivity contribution in [2.24, 2.45) is 0 Å². The minimum Gasteiger partial charge on any atom is -0.459 e. The number of carbonyl (C=O) groups excluding carboxylic acids is 1. The van der Waals surface area contributed by atoms with E-state index >= 15 is 0 Å².